The molecular weight excluding hydrogens is 172 g/mol. The summed E-state index contributed by atoms with van der Waals surface area (Å²) in [4.78, 5) is 2.23. The van der Waals surface area contributed by atoms with Gasteiger partial charge in [0.15, 0.2) is 0 Å². The van der Waals surface area contributed by atoms with Crippen LogP contribution in [0.3, 0.4) is 0 Å². The number of hydrogen-bond acceptors (Lipinski definition) is 2. The third kappa shape index (κ3) is 1.58. The summed E-state index contributed by atoms with van der Waals surface area (Å²) in [6.07, 6.45) is 2.52. The molecule has 0 amide bonds. The van der Waals surface area contributed by atoms with Gasteiger partial charge in [-0.2, -0.15) is 5.26 Å². The van der Waals surface area contributed by atoms with Crippen LogP contribution in [0.1, 0.15) is 24.0 Å². The highest BCUT2D eigenvalue weighted by Gasteiger charge is 2.27. The van der Waals surface area contributed by atoms with Crippen LogP contribution in [0.5, 0.6) is 0 Å². The van der Waals surface area contributed by atoms with Gasteiger partial charge >= 0.3 is 0 Å². The molecule has 1 aromatic rings. The van der Waals surface area contributed by atoms with Gasteiger partial charge < -0.3 is 4.90 Å². The summed E-state index contributed by atoms with van der Waals surface area (Å²) >= 11 is 0. The highest BCUT2D eigenvalue weighted by Crippen LogP contribution is 2.32. The van der Waals surface area contributed by atoms with Crippen LogP contribution in [0.2, 0.25) is 0 Å². The summed E-state index contributed by atoms with van der Waals surface area (Å²) in [6, 6.07) is 8.89. The van der Waals surface area contributed by atoms with Crippen LogP contribution in [0.25, 0.3) is 0 Å². The van der Waals surface area contributed by atoms with Gasteiger partial charge in [0, 0.05) is 13.1 Å². The van der Waals surface area contributed by atoms with Crippen molar-refractivity contribution in [3.63, 3.8) is 0 Å². The molecular formula is C12H14N2. The van der Waals surface area contributed by atoms with E-state index in [1.807, 2.05) is 12.1 Å². The van der Waals surface area contributed by atoms with Gasteiger partial charge in [0.1, 0.15) is 6.07 Å². The Bertz CT molecular complexity index is 386. The van der Waals surface area contributed by atoms with E-state index in [0.717, 1.165) is 11.3 Å². The smallest absolute Gasteiger partial charge is 0.101 e. The molecule has 1 aliphatic carbocycles. The van der Waals surface area contributed by atoms with E-state index >= 15 is 0 Å². The van der Waals surface area contributed by atoms with E-state index in [-0.39, 0.29) is 0 Å². The standard InChI is InChI=1S/C12H14N2/c1-9-3-4-10(8-13)12(7-9)14(2)11-5-6-11/h3-4,7,11H,5-6H2,1-2H3. The third-order valence-corrected chi connectivity index (χ3v) is 2.75. The van der Waals surface area contributed by atoms with Gasteiger partial charge in [0.2, 0.25) is 0 Å². The number of aryl methyl sites for hydroxylation is 1. The summed E-state index contributed by atoms with van der Waals surface area (Å²) < 4.78 is 0. The normalized spacial score (nSPS) is 14.9. The molecule has 0 N–H and O–H groups in total. The summed E-state index contributed by atoms with van der Waals surface area (Å²) in [5.41, 5.74) is 3.08. The predicted molar refractivity (Wildman–Crippen MR) is 57.3 cm³/mol. The van der Waals surface area contributed by atoms with Gasteiger partial charge in [-0.25, -0.2) is 0 Å². The van der Waals surface area contributed by atoms with Crippen LogP contribution in [-0.2, 0) is 0 Å². The number of hydrogen-bond donors (Lipinski definition) is 0. The number of anilines is 1. The second-order valence-corrected chi connectivity index (χ2v) is 3.97. The minimum Gasteiger partial charge on any atom is -0.371 e. The molecule has 1 saturated carbocycles. The van der Waals surface area contributed by atoms with Gasteiger partial charge in [0.05, 0.1) is 11.3 Å². The Morgan fingerprint density at radius 3 is 2.71 bits per heavy atom. The van der Waals surface area contributed by atoms with Crippen molar-refractivity contribution in [1.82, 2.24) is 0 Å². The molecule has 0 aliphatic heterocycles. The molecule has 0 bridgehead atoms. The molecule has 1 fully saturated rings. The maximum Gasteiger partial charge on any atom is 0.101 e. The van der Waals surface area contributed by atoms with Crippen molar-refractivity contribution in [2.24, 2.45) is 0 Å². The van der Waals surface area contributed by atoms with Crippen LogP contribution >= 0.6 is 0 Å². The second kappa shape index (κ2) is 3.34. The lowest BCUT2D eigenvalue weighted by molar-refractivity contribution is 0.914. The lowest BCUT2D eigenvalue weighted by Crippen LogP contribution is -2.20. The molecule has 2 heteroatoms. The zero-order chi connectivity index (χ0) is 10.1. The zero-order valence-corrected chi connectivity index (χ0v) is 8.62. The van der Waals surface area contributed by atoms with Crippen molar-refractivity contribution in [2.45, 2.75) is 25.8 Å². The fourth-order valence-electron chi connectivity index (χ4n) is 1.69. The average molecular weight is 186 g/mol. The molecule has 0 heterocycles. The van der Waals surface area contributed by atoms with E-state index in [2.05, 4.69) is 31.0 Å². The van der Waals surface area contributed by atoms with Crippen molar-refractivity contribution < 1.29 is 0 Å². The quantitative estimate of drug-likeness (QED) is 0.709. The maximum absolute atomic E-state index is 8.98. The highest BCUT2D eigenvalue weighted by molar-refractivity contribution is 5.61. The number of nitriles is 1. The molecule has 1 aromatic carbocycles. The molecule has 2 nitrogen and oxygen atoms in total. The topological polar surface area (TPSA) is 27.0 Å². The molecule has 0 atom stereocenters. The summed E-state index contributed by atoms with van der Waals surface area (Å²) in [5, 5.41) is 8.98. The Balaban J connectivity index is 2.38. The SMILES string of the molecule is Cc1ccc(C#N)c(N(C)C2CC2)c1. The van der Waals surface area contributed by atoms with Crippen LogP contribution < -0.4 is 4.90 Å². The van der Waals surface area contributed by atoms with Crippen molar-refractivity contribution in [3.8, 4) is 6.07 Å². The molecule has 14 heavy (non-hydrogen) atoms. The zero-order valence-electron chi connectivity index (χ0n) is 8.62. The maximum atomic E-state index is 8.98. The Kier molecular flexibility index (Phi) is 2.17. The minimum atomic E-state index is 0.656. The first-order valence-corrected chi connectivity index (χ1v) is 4.96. The van der Waals surface area contributed by atoms with Crippen LogP contribution in [0.4, 0.5) is 5.69 Å². The predicted octanol–water partition coefficient (Wildman–Crippen LogP) is 2.47. The molecule has 2 rings (SSSR count). The van der Waals surface area contributed by atoms with Crippen LogP contribution in [0.15, 0.2) is 18.2 Å². The van der Waals surface area contributed by atoms with Crippen molar-refractivity contribution in [3.05, 3.63) is 29.3 Å². The van der Waals surface area contributed by atoms with Crippen molar-refractivity contribution in [2.75, 3.05) is 11.9 Å². The van der Waals surface area contributed by atoms with Gasteiger partial charge in [-0.05, 0) is 37.5 Å². The van der Waals surface area contributed by atoms with E-state index in [4.69, 9.17) is 5.26 Å². The van der Waals surface area contributed by atoms with Gasteiger partial charge in [-0.1, -0.05) is 6.07 Å². The number of rotatable bonds is 2. The third-order valence-electron chi connectivity index (χ3n) is 2.75. The molecule has 0 aromatic heterocycles. The lowest BCUT2D eigenvalue weighted by atomic mass is 10.1. The molecule has 0 radical (unpaired) electrons. The average Bonchev–Trinajstić information content (AvgIpc) is 3.00. The first kappa shape index (κ1) is 9.08. The fraction of sp³-hybridized carbons (Fsp3) is 0.417. The monoisotopic (exact) mass is 186 g/mol. The van der Waals surface area contributed by atoms with Crippen molar-refractivity contribution >= 4 is 5.69 Å². The second-order valence-electron chi connectivity index (χ2n) is 3.97. The van der Waals surface area contributed by atoms with Gasteiger partial charge in [-0.15, -0.1) is 0 Å². The molecule has 1 aliphatic rings. The molecule has 0 unspecified atom stereocenters. The van der Waals surface area contributed by atoms with E-state index < -0.39 is 0 Å². The lowest BCUT2D eigenvalue weighted by Gasteiger charge is -2.20. The Morgan fingerprint density at radius 1 is 1.43 bits per heavy atom. The Labute approximate surface area is 84.8 Å². The van der Waals surface area contributed by atoms with Gasteiger partial charge in [-0.3, -0.25) is 0 Å². The van der Waals surface area contributed by atoms with Crippen LogP contribution in [-0.4, -0.2) is 13.1 Å². The number of benzene rings is 1. The molecule has 0 saturated heterocycles. The summed E-state index contributed by atoms with van der Waals surface area (Å²) in [7, 11) is 2.08. The van der Waals surface area contributed by atoms with E-state index in [0.29, 0.717) is 6.04 Å². The Morgan fingerprint density at radius 2 is 2.14 bits per heavy atom. The van der Waals surface area contributed by atoms with E-state index in [1.54, 1.807) is 0 Å². The Hall–Kier alpha value is -1.49. The van der Waals surface area contributed by atoms with E-state index in [1.165, 1.54) is 18.4 Å². The van der Waals surface area contributed by atoms with Crippen LogP contribution in [0, 0.1) is 18.3 Å². The van der Waals surface area contributed by atoms with Crippen molar-refractivity contribution in [1.29, 1.82) is 5.26 Å². The minimum absolute atomic E-state index is 0.656. The van der Waals surface area contributed by atoms with Gasteiger partial charge in [0.25, 0.3) is 0 Å². The number of nitrogens with zero attached hydrogens (tertiary/aromatic N) is 2. The van der Waals surface area contributed by atoms with E-state index in [9.17, 15) is 0 Å². The molecule has 72 valence electrons. The summed E-state index contributed by atoms with van der Waals surface area (Å²) in [5.74, 6) is 0. The largest absolute Gasteiger partial charge is 0.371 e. The first-order chi connectivity index (χ1) is 6.72. The fourth-order valence-corrected chi connectivity index (χ4v) is 1.69. The highest BCUT2D eigenvalue weighted by atomic mass is 15.2. The first-order valence-electron chi connectivity index (χ1n) is 4.96. The summed E-state index contributed by atoms with van der Waals surface area (Å²) in [6.45, 7) is 2.06. The molecule has 0 spiro atoms.